The third-order valence-electron chi connectivity index (χ3n) is 2.68. The highest BCUT2D eigenvalue weighted by molar-refractivity contribution is 5.78. The summed E-state index contributed by atoms with van der Waals surface area (Å²) in [6.45, 7) is 11.1. The van der Waals surface area contributed by atoms with E-state index in [0.717, 1.165) is 38.9 Å². The predicted molar refractivity (Wildman–Crippen MR) is 95.9 cm³/mol. The molecule has 0 aromatic heterocycles. The van der Waals surface area contributed by atoms with Gasteiger partial charge in [0.05, 0.1) is 19.3 Å². The fourth-order valence-electron chi connectivity index (χ4n) is 1.41. The van der Waals surface area contributed by atoms with Crippen molar-refractivity contribution in [3.05, 3.63) is 0 Å². The van der Waals surface area contributed by atoms with Gasteiger partial charge in [0.2, 0.25) is 0 Å². The topological polar surface area (TPSA) is 93.1 Å². The molecule has 0 saturated heterocycles. The first-order valence-corrected chi connectivity index (χ1v) is 8.93. The van der Waals surface area contributed by atoms with Crippen LogP contribution in [0.1, 0.15) is 73.1 Å². The SMILES string of the molecule is CC(O)CO.CCOC(=O)CC.CCOCC.O=C1CCCCC1. The molecule has 1 unspecified atom stereocenters. The van der Waals surface area contributed by atoms with E-state index in [-0.39, 0.29) is 12.6 Å². The number of rotatable bonds is 5. The van der Waals surface area contributed by atoms with Crippen molar-refractivity contribution < 1.29 is 29.3 Å². The van der Waals surface area contributed by atoms with Crippen LogP contribution < -0.4 is 0 Å². The Morgan fingerprint density at radius 2 is 1.50 bits per heavy atom. The molecule has 0 aromatic rings. The lowest BCUT2D eigenvalue weighted by Crippen LogP contribution is -2.03. The Morgan fingerprint density at radius 3 is 1.62 bits per heavy atom. The van der Waals surface area contributed by atoms with Crippen molar-refractivity contribution in [2.45, 2.75) is 79.2 Å². The van der Waals surface area contributed by atoms with Crippen molar-refractivity contribution in [2.75, 3.05) is 26.4 Å². The summed E-state index contributed by atoms with van der Waals surface area (Å²) in [7, 11) is 0. The predicted octanol–water partition coefficient (Wildman–Crippen LogP) is 2.88. The summed E-state index contributed by atoms with van der Waals surface area (Å²) >= 11 is 0. The van der Waals surface area contributed by atoms with Crippen molar-refractivity contribution in [2.24, 2.45) is 0 Å². The van der Waals surface area contributed by atoms with Gasteiger partial charge in [0.1, 0.15) is 5.78 Å². The molecule has 0 radical (unpaired) electrons. The second kappa shape index (κ2) is 24.3. The fourth-order valence-corrected chi connectivity index (χ4v) is 1.41. The number of hydrogen-bond donors (Lipinski definition) is 2. The molecule has 1 fully saturated rings. The normalized spacial score (nSPS) is 13.9. The average molecular weight is 350 g/mol. The molecule has 1 aliphatic rings. The van der Waals surface area contributed by atoms with Crippen molar-refractivity contribution in [1.82, 2.24) is 0 Å². The first-order chi connectivity index (χ1) is 11.4. The number of Topliss-reactive ketones (excluding diaryl/α,β-unsaturated/α-hetero) is 1. The van der Waals surface area contributed by atoms with Crippen LogP contribution in [0.25, 0.3) is 0 Å². The van der Waals surface area contributed by atoms with Gasteiger partial charge in [-0.2, -0.15) is 0 Å². The molecule has 0 amide bonds. The Hall–Kier alpha value is -0.980. The van der Waals surface area contributed by atoms with E-state index in [4.69, 9.17) is 14.9 Å². The van der Waals surface area contributed by atoms with Gasteiger partial charge >= 0.3 is 5.97 Å². The zero-order chi connectivity index (χ0) is 19.2. The van der Waals surface area contributed by atoms with Gasteiger partial charge in [-0.15, -0.1) is 0 Å². The van der Waals surface area contributed by atoms with E-state index in [1.165, 1.54) is 13.3 Å². The quantitative estimate of drug-likeness (QED) is 0.741. The van der Waals surface area contributed by atoms with Gasteiger partial charge in [-0.1, -0.05) is 13.3 Å². The maximum Gasteiger partial charge on any atom is 0.305 e. The van der Waals surface area contributed by atoms with Crippen molar-refractivity contribution in [3.63, 3.8) is 0 Å². The Balaban J connectivity index is -0.000000249. The molecule has 6 nitrogen and oxygen atoms in total. The van der Waals surface area contributed by atoms with E-state index in [0.29, 0.717) is 18.8 Å². The maximum absolute atomic E-state index is 10.5. The van der Waals surface area contributed by atoms with Crippen LogP contribution in [-0.4, -0.2) is 54.5 Å². The smallest absolute Gasteiger partial charge is 0.305 e. The molecule has 146 valence electrons. The van der Waals surface area contributed by atoms with E-state index in [1.54, 1.807) is 13.8 Å². The molecule has 2 N–H and O–H groups in total. The van der Waals surface area contributed by atoms with Crippen LogP contribution in [0.3, 0.4) is 0 Å². The van der Waals surface area contributed by atoms with E-state index >= 15 is 0 Å². The van der Waals surface area contributed by atoms with Crippen LogP contribution in [0.15, 0.2) is 0 Å². The summed E-state index contributed by atoms with van der Waals surface area (Å²) in [5.74, 6) is 0.341. The van der Waals surface area contributed by atoms with Gasteiger partial charge in [0.25, 0.3) is 0 Å². The zero-order valence-corrected chi connectivity index (χ0v) is 16.2. The second-order valence-corrected chi connectivity index (χ2v) is 5.07. The summed E-state index contributed by atoms with van der Waals surface area (Å²) in [5.41, 5.74) is 0. The number of ether oxygens (including phenoxy) is 2. The molecule has 1 rings (SSSR count). The highest BCUT2D eigenvalue weighted by Crippen LogP contribution is 2.12. The molecule has 0 aliphatic heterocycles. The lowest BCUT2D eigenvalue weighted by atomic mass is 10.00. The summed E-state index contributed by atoms with van der Waals surface area (Å²) < 4.78 is 9.39. The standard InChI is InChI=1S/C6H10O.C5H10O2.C4H10O.C3H8O2/c7-6-4-2-1-3-5-6;1-3-5(6)7-4-2;1-3-5-4-2;1-3(5)2-4/h1-5H2;3-4H2,1-2H3;3-4H2,1-2H3;3-5H,2H2,1H3. The van der Waals surface area contributed by atoms with Crippen LogP contribution >= 0.6 is 0 Å². The molecule has 0 spiro atoms. The summed E-state index contributed by atoms with van der Waals surface area (Å²) in [6, 6.07) is 0. The van der Waals surface area contributed by atoms with Gasteiger partial charge in [0, 0.05) is 32.5 Å². The molecule has 1 saturated carbocycles. The number of carbonyl (C=O) groups excluding carboxylic acids is 2. The minimum Gasteiger partial charge on any atom is -0.466 e. The molecule has 24 heavy (non-hydrogen) atoms. The highest BCUT2D eigenvalue weighted by atomic mass is 16.5. The highest BCUT2D eigenvalue weighted by Gasteiger charge is 2.05. The van der Waals surface area contributed by atoms with Gasteiger partial charge in [-0.05, 0) is 40.5 Å². The molecule has 1 atom stereocenters. The van der Waals surface area contributed by atoms with E-state index in [9.17, 15) is 9.59 Å². The number of esters is 1. The Kier molecular flexibility index (Phi) is 28.2. The van der Waals surface area contributed by atoms with Crippen molar-refractivity contribution >= 4 is 11.8 Å². The van der Waals surface area contributed by atoms with Gasteiger partial charge in [0.15, 0.2) is 0 Å². The molecule has 1 aliphatic carbocycles. The molecular weight excluding hydrogens is 312 g/mol. The number of aliphatic hydroxyl groups excluding tert-OH is 2. The molecule has 6 heteroatoms. The lowest BCUT2D eigenvalue weighted by molar-refractivity contribution is -0.142. The largest absolute Gasteiger partial charge is 0.466 e. The van der Waals surface area contributed by atoms with Gasteiger partial charge in [-0.3, -0.25) is 9.59 Å². The Labute approximate surface area is 147 Å². The fraction of sp³-hybridized carbons (Fsp3) is 0.889. The maximum atomic E-state index is 10.5. The van der Waals surface area contributed by atoms with Crippen molar-refractivity contribution in [1.29, 1.82) is 0 Å². The summed E-state index contributed by atoms with van der Waals surface area (Å²) in [6.07, 6.45) is 5.16. The Bertz CT molecular complexity index is 249. The van der Waals surface area contributed by atoms with Crippen LogP contribution in [0.2, 0.25) is 0 Å². The minimum atomic E-state index is -0.560. The van der Waals surface area contributed by atoms with Gasteiger partial charge in [-0.25, -0.2) is 0 Å². The first-order valence-electron chi connectivity index (χ1n) is 8.93. The molecular formula is C18H38O6. The number of hydrogen-bond acceptors (Lipinski definition) is 6. The lowest BCUT2D eigenvalue weighted by Gasteiger charge is -2.05. The molecule has 0 heterocycles. The summed E-state index contributed by atoms with van der Waals surface area (Å²) in [5, 5.41) is 16.0. The Morgan fingerprint density at radius 1 is 1.04 bits per heavy atom. The van der Waals surface area contributed by atoms with E-state index in [2.05, 4.69) is 4.74 Å². The third-order valence-corrected chi connectivity index (χ3v) is 2.68. The van der Waals surface area contributed by atoms with E-state index < -0.39 is 6.10 Å². The van der Waals surface area contributed by atoms with Crippen LogP contribution in [0.5, 0.6) is 0 Å². The van der Waals surface area contributed by atoms with Gasteiger partial charge < -0.3 is 19.7 Å². The van der Waals surface area contributed by atoms with Crippen LogP contribution in [-0.2, 0) is 19.1 Å². The number of ketones is 1. The molecule has 0 bridgehead atoms. The average Bonchev–Trinajstić information content (AvgIpc) is 2.58. The third kappa shape index (κ3) is 32.8. The zero-order valence-electron chi connectivity index (χ0n) is 16.2. The van der Waals surface area contributed by atoms with Crippen LogP contribution in [0, 0.1) is 0 Å². The first kappa shape index (κ1) is 27.8. The number of carbonyl (C=O) groups is 2. The molecule has 0 aromatic carbocycles. The summed E-state index contributed by atoms with van der Waals surface area (Å²) in [4.78, 5) is 20.7. The second-order valence-electron chi connectivity index (χ2n) is 5.07. The number of aliphatic hydroxyl groups is 2. The minimum absolute atomic E-state index is 0.123. The van der Waals surface area contributed by atoms with E-state index in [1.807, 2.05) is 13.8 Å². The van der Waals surface area contributed by atoms with Crippen molar-refractivity contribution in [3.8, 4) is 0 Å². The van der Waals surface area contributed by atoms with Crippen LogP contribution in [0.4, 0.5) is 0 Å². The monoisotopic (exact) mass is 350 g/mol.